The molecule has 1 aromatic carbocycles. The van der Waals surface area contributed by atoms with Gasteiger partial charge in [-0.1, -0.05) is 30.3 Å². The number of nitrogens with one attached hydrogen (secondary N) is 1. The summed E-state index contributed by atoms with van der Waals surface area (Å²) in [4.78, 5) is 25.2. The van der Waals surface area contributed by atoms with Gasteiger partial charge in [-0.25, -0.2) is 0 Å². The maximum atomic E-state index is 13.1. The van der Waals surface area contributed by atoms with Crippen molar-refractivity contribution < 1.29 is 22.8 Å². The maximum Gasteiger partial charge on any atom is 0.408 e. The molecule has 1 heterocycles. The molecule has 136 valence electrons. The van der Waals surface area contributed by atoms with Crippen molar-refractivity contribution in [1.82, 2.24) is 10.2 Å². The van der Waals surface area contributed by atoms with Crippen LogP contribution in [0.2, 0.25) is 0 Å². The number of amides is 2. The quantitative estimate of drug-likeness (QED) is 0.907. The van der Waals surface area contributed by atoms with Crippen LogP contribution >= 0.6 is 0 Å². The minimum absolute atomic E-state index is 0.101. The fourth-order valence-corrected chi connectivity index (χ4v) is 3.63. The van der Waals surface area contributed by atoms with E-state index in [1.807, 2.05) is 30.3 Å². The van der Waals surface area contributed by atoms with Crippen molar-refractivity contribution in [2.24, 2.45) is 0 Å². The van der Waals surface area contributed by atoms with Crippen molar-refractivity contribution in [2.75, 3.05) is 6.54 Å². The van der Waals surface area contributed by atoms with Gasteiger partial charge in [0.2, 0.25) is 11.8 Å². The number of hydrogen-bond donors (Lipinski definition) is 1. The minimum atomic E-state index is -4.44. The molecule has 0 aromatic heterocycles. The summed E-state index contributed by atoms with van der Waals surface area (Å²) in [5.74, 6) is -0.775. The van der Waals surface area contributed by atoms with Gasteiger partial charge in [0.1, 0.15) is 6.04 Å². The van der Waals surface area contributed by atoms with E-state index in [4.69, 9.17) is 0 Å². The van der Waals surface area contributed by atoms with Crippen LogP contribution in [-0.2, 0) is 15.0 Å². The average Bonchev–Trinajstić information content (AvgIpc) is 3.36. The minimum Gasteiger partial charge on any atom is -0.351 e. The normalized spacial score (nSPS) is 25.4. The lowest BCUT2D eigenvalue weighted by Crippen LogP contribution is -2.58. The van der Waals surface area contributed by atoms with Crippen LogP contribution in [-0.4, -0.2) is 41.5 Å². The molecule has 0 spiro atoms. The third kappa shape index (κ3) is 3.50. The molecule has 2 aliphatic rings. The summed E-state index contributed by atoms with van der Waals surface area (Å²) in [7, 11) is 0. The molecule has 1 saturated heterocycles. The largest absolute Gasteiger partial charge is 0.408 e. The van der Waals surface area contributed by atoms with E-state index in [9.17, 15) is 22.8 Å². The molecular weight excluding hydrogens is 333 g/mol. The van der Waals surface area contributed by atoms with Gasteiger partial charge in [0.25, 0.3) is 0 Å². The second-order valence-corrected chi connectivity index (χ2v) is 6.92. The molecule has 1 aliphatic carbocycles. The van der Waals surface area contributed by atoms with Gasteiger partial charge in [0, 0.05) is 19.5 Å². The lowest BCUT2D eigenvalue weighted by molar-refractivity contribution is -0.196. The zero-order valence-corrected chi connectivity index (χ0v) is 14.0. The third-order valence-corrected chi connectivity index (χ3v) is 5.21. The zero-order chi connectivity index (χ0) is 18.2. The molecule has 1 aliphatic heterocycles. The fraction of sp³-hybridized carbons (Fsp3) is 0.556. The van der Waals surface area contributed by atoms with Gasteiger partial charge >= 0.3 is 6.18 Å². The van der Waals surface area contributed by atoms with Crippen molar-refractivity contribution in [3.05, 3.63) is 35.9 Å². The Bertz CT molecular complexity index is 656. The molecule has 2 atom stereocenters. The highest BCUT2D eigenvalue weighted by Crippen LogP contribution is 2.48. The molecule has 1 saturated carbocycles. The Balaban J connectivity index is 1.68. The summed E-state index contributed by atoms with van der Waals surface area (Å²) in [6, 6.07) is 7.20. The van der Waals surface area contributed by atoms with Gasteiger partial charge in [-0.2, -0.15) is 13.2 Å². The Hall–Kier alpha value is -2.05. The molecule has 2 unspecified atom stereocenters. The van der Waals surface area contributed by atoms with Crippen LogP contribution in [0.4, 0.5) is 13.2 Å². The molecule has 1 N–H and O–H groups in total. The van der Waals surface area contributed by atoms with Crippen LogP contribution in [0.5, 0.6) is 0 Å². The number of alkyl halides is 3. The summed E-state index contributed by atoms with van der Waals surface area (Å²) in [5.41, 5.74) is 0.364. The van der Waals surface area contributed by atoms with Gasteiger partial charge in [-0.05, 0) is 31.2 Å². The highest BCUT2D eigenvalue weighted by atomic mass is 19.4. The number of nitrogens with zero attached hydrogens (tertiary/aromatic N) is 1. The van der Waals surface area contributed by atoms with Crippen LogP contribution in [0, 0.1) is 0 Å². The van der Waals surface area contributed by atoms with E-state index in [1.54, 1.807) is 0 Å². The molecule has 0 bridgehead atoms. The Morgan fingerprint density at radius 3 is 2.32 bits per heavy atom. The number of likely N-dealkylation sites (tertiary alicyclic amines) is 1. The van der Waals surface area contributed by atoms with Crippen molar-refractivity contribution >= 4 is 11.8 Å². The standard InChI is InChI=1S/C18H21F3N2O2/c1-12(24)23-11-14(7-8-15(23)18(19,20)21)22-16(25)17(9-10-17)13-5-3-2-4-6-13/h2-6,14-15H,7-11H2,1H3,(H,22,25). The number of carbonyl (C=O) groups excluding carboxylic acids is 2. The number of carbonyl (C=O) groups is 2. The summed E-state index contributed by atoms with van der Waals surface area (Å²) in [5, 5.41) is 2.88. The molecule has 7 heteroatoms. The Morgan fingerprint density at radius 1 is 1.16 bits per heavy atom. The summed E-state index contributed by atoms with van der Waals surface area (Å²) >= 11 is 0. The topological polar surface area (TPSA) is 49.4 Å². The highest BCUT2D eigenvalue weighted by Gasteiger charge is 2.52. The van der Waals surface area contributed by atoms with E-state index in [1.165, 1.54) is 0 Å². The highest BCUT2D eigenvalue weighted by molar-refractivity contribution is 5.91. The lowest BCUT2D eigenvalue weighted by Gasteiger charge is -2.40. The summed E-state index contributed by atoms with van der Waals surface area (Å²) < 4.78 is 39.2. The van der Waals surface area contributed by atoms with Crippen LogP contribution < -0.4 is 5.32 Å². The molecule has 25 heavy (non-hydrogen) atoms. The SMILES string of the molecule is CC(=O)N1CC(NC(=O)C2(c3ccccc3)CC2)CCC1C(F)(F)F. The Morgan fingerprint density at radius 2 is 1.80 bits per heavy atom. The van der Waals surface area contributed by atoms with Crippen LogP contribution in [0.1, 0.15) is 38.2 Å². The second kappa shape index (κ2) is 6.35. The number of piperidine rings is 1. The van der Waals surface area contributed by atoms with E-state index in [-0.39, 0.29) is 25.3 Å². The smallest absolute Gasteiger partial charge is 0.351 e. The van der Waals surface area contributed by atoms with Gasteiger partial charge in [-0.15, -0.1) is 0 Å². The summed E-state index contributed by atoms with van der Waals surface area (Å²) in [6.45, 7) is 1.03. The number of rotatable bonds is 3. The van der Waals surface area contributed by atoms with Gasteiger partial charge < -0.3 is 10.2 Å². The first kappa shape index (κ1) is 17.8. The lowest BCUT2D eigenvalue weighted by atomic mass is 9.93. The van der Waals surface area contributed by atoms with Crippen molar-refractivity contribution in [3.63, 3.8) is 0 Å². The first-order valence-electron chi connectivity index (χ1n) is 8.44. The summed E-state index contributed by atoms with van der Waals surface area (Å²) in [6.07, 6.45) is -2.95. The third-order valence-electron chi connectivity index (χ3n) is 5.21. The van der Waals surface area contributed by atoms with Gasteiger partial charge in [0.15, 0.2) is 0 Å². The van der Waals surface area contributed by atoms with Gasteiger partial charge in [0.05, 0.1) is 5.41 Å². The molecule has 3 rings (SSSR count). The first-order valence-corrected chi connectivity index (χ1v) is 8.44. The predicted octanol–water partition coefficient (Wildman–Crippen LogP) is 2.78. The zero-order valence-electron chi connectivity index (χ0n) is 14.0. The first-order chi connectivity index (χ1) is 11.7. The number of hydrogen-bond acceptors (Lipinski definition) is 2. The monoisotopic (exact) mass is 354 g/mol. The number of halogens is 3. The van der Waals surface area contributed by atoms with Crippen molar-refractivity contribution in [3.8, 4) is 0 Å². The average molecular weight is 354 g/mol. The number of benzene rings is 1. The molecule has 1 aromatic rings. The fourth-order valence-electron chi connectivity index (χ4n) is 3.63. The van der Waals surface area contributed by atoms with E-state index < -0.39 is 29.6 Å². The molecular formula is C18H21F3N2O2. The Labute approximate surface area is 144 Å². The maximum absolute atomic E-state index is 13.1. The predicted molar refractivity (Wildman–Crippen MR) is 85.7 cm³/mol. The molecule has 0 radical (unpaired) electrons. The van der Waals surface area contributed by atoms with Crippen molar-refractivity contribution in [2.45, 2.75) is 56.3 Å². The Kier molecular flexibility index (Phi) is 4.51. The van der Waals surface area contributed by atoms with E-state index >= 15 is 0 Å². The molecule has 2 fully saturated rings. The van der Waals surface area contributed by atoms with Gasteiger partial charge in [-0.3, -0.25) is 9.59 Å². The molecule has 2 amide bonds. The van der Waals surface area contributed by atoms with Crippen LogP contribution in [0.15, 0.2) is 30.3 Å². The van der Waals surface area contributed by atoms with Crippen LogP contribution in [0.3, 0.4) is 0 Å². The van der Waals surface area contributed by atoms with E-state index in [0.717, 1.165) is 30.2 Å². The van der Waals surface area contributed by atoms with Crippen molar-refractivity contribution in [1.29, 1.82) is 0 Å². The molecule has 4 nitrogen and oxygen atoms in total. The van der Waals surface area contributed by atoms with E-state index in [0.29, 0.717) is 0 Å². The van der Waals surface area contributed by atoms with E-state index in [2.05, 4.69) is 5.32 Å². The van der Waals surface area contributed by atoms with Crippen LogP contribution in [0.25, 0.3) is 0 Å². The second-order valence-electron chi connectivity index (χ2n) is 6.92.